The van der Waals surface area contributed by atoms with E-state index in [1.54, 1.807) is 18.3 Å². The Morgan fingerprint density at radius 3 is 2.95 bits per heavy atom. The molecule has 0 aliphatic heterocycles. The lowest BCUT2D eigenvalue weighted by atomic mass is 10.2. The number of imidazole rings is 1. The average Bonchev–Trinajstić information content (AvgIpc) is 2.97. The van der Waals surface area contributed by atoms with Crippen LogP contribution in [0.3, 0.4) is 0 Å². The Bertz CT molecular complexity index is 828. The van der Waals surface area contributed by atoms with Crippen LogP contribution in [0.25, 0.3) is 5.65 Å². The van der Waals surface area contributed by atoms with Crippen LogP contribution in [-0.4, -0.2) is 26.5 Å². The van der Waals surface area contributed by atoms with Crippen molar-refractivity contribution < 1.29 is 4.79 Å². The summed E-state index contributed by atoms with van der Waals surface area (Å²) in [5.74, 6) is -0.133. The number of aromatic nitrogens is 3. The highest BCUT2D eigenvalue weighted by Gasteiger charge is 2.12. The van der Waals surface area contributed by atoms with E-state index >= 15 is 0 Å². The Balaban J connectivity index is 1.76. The van der Waals surface area contributed by atoms with Crippen molar-refractivity contribution in [1.82, 2.24) is 19.7 Å². The fourth-order valence-corrected chi connectivity index (χ4v) is 2.82. The number of hydrogen-bond acceptors (Lipinski definition) is 4. The Morgan fingerprint density at radius 2 is 2.18 bits per heavy atom. The van der Waals surface area contributed by atoms with Crippen molar-refractivity contribution >= 4 is 23.3 Å². The Kier molecular flexibility index (Phi) is 4.11. The number of fused-ring (bicyclic) bond motifs is 1. The third kappa shape index (κ3) is 2.82. The summed E-state index contributed by atoms with van der Waals surface area (Å²) >= 11 is 1.46. The van der Waals surface area contributed by atoms with Gasteiger partial charge in [-0.3, -0.25) is 4.79 Å². The van der Waals surface area contributed by atoms with Crippen LogP contribution in [0.5, 0.6) is 0 Å². The number of nitrogens with zero attached hydrogens (tertiary/aromatic N) is 3. The monoisotopic (exact) mass is 312 g/mol. The molecule has 22 heavy (non-hydrogen) atoms. The minimum Gasteiger partial charge on any atom is -0.346 e. The molecule has 0 atom stereocenters. The summed E-state index contributed by atoms with van der Waals surface area (Å²) in [7, 11) is 0. The largest absolute Gasteiger partial charge is 0.346 e. The van der Waals surface area contributed by atoms with Crippen molar-refractivity contribution in [2.24, 2.45) is 0 Å². The van der Waals surface area contributed by atoms with E-state index in [9.17, 15) is 4.79 Å². The fourth-order valence-electron chi connectivity index (χ4n) is 2.28. The Labute approximate surface area is 132 Å². The number of carbonyl (C=O) groups is 1. The number of nitrogens with one attached hydrogen (secondary N) is 1. The molecule has 0 saturated heterocycles. The van der Waals surface area contributed by atoms with E-state index in [1.807, 2.05) is 42.0 Å². The number of pyridine rings is 2. The predicted molar refractivity (Wildman–Crippen MR) is 87.1 cm³/mol. The molecule has 1 N–H and O–H groups in total. The molecule has 6 heteroatoms. The van der Waals surface area contributed by atoms with Gasteiger partial charge in [-0.15, -0.1) is 11.8 Å². The maximum Gasteiger partial charge on any atom is 0.254 e. The third-order valence-corrected chi connectivity index (χ3v) is 4.10. The van der Waals surface area contributed by atoms with Crippen molar-refractivity contribution in [1.29, 1.82) is 0 Å². The number of amides is 1. The first-order valence-corrected chi connectivity index (χ1v) is 8.12. The highest BCUT2D eigenvalue weighted by molar-refractivity contribution is 7.98. The summed E-state index contributed by atoms with van der Waals surface area (Å²) in [5.41, 5.74) is 3.42. The normalized spacial score (nSPS) is 10.8. The Morgan fingerprint density at radius 1 is 1.32 bits per heavy atom. The highest BCUT2D eigenvalue weighted by Crippen LogP contribution is 2.16. The van der Waals surface area contributed by atoms with E-state index in [0.717, 1.165) is 22.1 Å². The van der Waals surface area contributed by atoms with Crippen LogP contribution in [0.4, 0.5) is 0 Å². The van der Waals surface area contributed by atoms with Gasteiger partial charge in [0.25, 0.3) is 5.91 Å². The molecule has 5 nitrogen and oxygen atoms in total. The van der Waals surface area contributed by atoms with E-state index in [4.69, 9.17) is 0 Å². The summed E-state index contributed by atoms with van der Waals surface area (Å²) in [6.45, 7) is 2.42. The van der Waals surface area contributed by atoms with Crippen LogP contribution in [0.2, 0.25) is 0 Å². The zero-order chi connectivity index (χ0) is 15.5. The molecule has 0 radical (unpaired) electrons. The first kappa shape index (κ1) is 14.6. The van der Waals surface area contributed by atoms with Crippen LogP contribution in [0, 0.1) is 6.92 Å². The van der Waals surface area contributed by atoms with Crippen molar-refractivity contribution in [3.05, 3.63) is 59.7 Å². The first-order valence-electron chi connectivity index (χ1n) is 6.90. The van der Waals surface area contributed by atoms with Gasteiger partial charge in [0.2, 0.25) is 0 Å². The van der Waals surface area contributed by atoms with Gasteiger partial charge < -0.3 is 9.72 Å². The zero-order valence-corrected chi connectivity index (χ0v) is 13.2. The lowest BCUT2D eigenvalue weighted by Crippen LogP contribution is -2.23. The van der Waals surface area contributed by atoms with E-state index in [0.29, 0.717) is 12.1 Å². The van der Waals surface area contributed by atoms with Crippen molar-refractivity contribution in [2.75, 3.05) is 6.26 Å². The van der Waals surface area contributed by atoms with Crippen LogP contribution in [0.1, 0.15) is 21.7 Å². The van der Waals surface area contributed by atoms with Gasteiger partial charge in [-0.2, -0.15) is 0 Å². The zero-order valence-electron chi connectivity index (χ0n) is 12.4. The molecule has 0 aliphatic carbocycles. The van der Waals surface area contributed by atoms with Gasteiger partial charge in [0.1, 0.15) is 10.7 Å². The Hall–Kier alpha value is -2.34. The molecule has 0 unspecified atom stereocenters. The molecule has 3 rings (SSSR count). The maximum atomic E-state index is 12.3. The molecule has 112 valence electrons. The van der Waals surface area contributed by atoms with Crippen LogP contribution < -0.4 is 5.32 Å². The van der Waals surface area contributed by atoms with Gasteiger partial charge in [0, 0.05) is 18.1 Å². The number of rotatable bonds is 4. The quantitative estimate of drug-likeness (QED) is 0.753. The SMILES string of the molecule is CSc1ncccc1C(=O)NCc1cn2c(C)cccc2n1. The van der Waals surface area contributed by atoms with E-state index in [-0.39, 0.29) is 5.91 Å². The molecular weight excluding hydrogens is 296 g/mol. The number of thioether (sulfide) groups is 1. The number of aryl methyl sites for hydroxylation is 1. The highest BCUT2D eigenvalue weighted by atomic mass is 32.2. The summed E-state index contributed by atoms with van der Waals surface area (Å²) in [5, 5.41) is 3.63. The van der Waals surface area contributed by atoms with Crippen molar-refractivity contribution in [3.63, 3.8) is 0 Å². The molecule has 0 aromatic carbocycles. The second kappa shape index (κ2) is 6.19. The molecule has 0 aliphatic rings. The minimum atomic E-state index is -0.133. The molecule has 3 heterocycles. The van der Waals surface area contributed by atoms with Gasteiger partial charge in [-0.25, -0.2) is 9.97 Å². The molecule has 0 fully saturated rings. The topological polar surface area (TPSA) is 59.3 Å². The van der Waals surface area contributed by atoms with Crippen molar-refractivity contribution in [3.8, 4) is 0 Å². The van der Waals surface area contributed by atoms with E-state index in [1.165, 1.54) is 11.8 Å². The lowest BCUT2D eigenvalue weighted by Gasteiger charge is -2.06. The fraction of sp³-hybridized carbons (Fsp3) is 0.188. The first-order chi connectivity index (χ1) is 10.7. The molecule has 0 bridgehead atoms. The van der Waals surface area contributed by atoms with Crippen LogP contribution >= 0.6 is 11.8 Å². The molecule has 1 amide bonds. The lowest BCUT2D eigenvalue weighted by molar-refractivity contribution is 0.0947. The van der Waals surface area contributed by atoms with Gasteiger partial charge in [-0.05, 0) is 37.4 Å². The third-order valence-electron chi connectivity index (χ3n) is 3.39. The van der Waals surface area contributed by atoms with Crippen LogP contribution in [0.15, 0.2) is 47.8 Å². The van der Waals surface area contributed by atoms with Gasteiger partial charge in [0.05, 0.1) is 17.8 Å². The molecule has 0 spiro atoms. The smallest absolute Gasteiger partial charge is 0.254 e. The molecular formula is C16H16N4OS. The summed E-state index contributed by atoms with van der Waals surface area (Å²) < 4.78 is 2.01. The second-order valence-corrected chi connectivity index (χ2v) is 5.67. The second-order valence-electron chi connectivity index (χ2n) is 4.87. The van der Waals surface area contributed by atoms with Gasteiger partial charge in [0.15, 0.2) is 0 Å². The van der Waals surface area contributed by atoms with E-state index in [2.05, 4.69) is 15.3 Å². The van der Waals surface area contributed by atoms with E-state index < -0.39 is 0 Å². The number of carbonyl (C=O) groups excluding carboxylic acids is 1. The molecule has 3 aromatic rings. The molecule has 0 saturated carbocycles. The standard InChI is InChI=1S/C16H16N4OS/c1-11-5-3-7-14-19-12(10-20(11)14)9-18-15(21)13-6-4-8-17-16(13)22-2/h3-8,10H,9H2,1-2H3,(H,18,21). The molecule has 3 aromatic heterocycles. The predicted octanol–water partition coefficient (Wildman–Crippen LogP) is 2.69. The van der Waals surface area contributed by atoms with Gasteiger partial charge >= 0.3 is 0 Å². The van der Waals surface area contributed by atoms with Gasteiger partial charge in [-0.1, -0.05) is 6.07 Å². The summed E-state index contributed by atoms with van der Waals surface area (Å²) in [6, 6.07) is 9.49. The van der Waals surface area contributed by atoms with Crippen molar-refractivity contribution in [2.45, 2.75) is 18.5 Å². The van der Waals surface area contributed by atoms with Crippen LogP contribution in [-0.2, 0) is 6.54 Å². The summed E-state index contributed by atoms with van der Waals surface area (Å²) in [6.07, 6.45) is 5.54. The average molecular weight is 312 g/mol. The maximum absolute atomic E-state index is 12.3. The number of hydrogen-bond donors (Lipinski definition) is 1. The summed E-state index contributed by atoms with van der Waals surface area (Å²) in [4.78, 5) is 21.0. The minimum absolute atomic E-state index is 0.133.